The maximum absolute atomic E-state index is 13.8. The van der Waals surface area contributed by atoms with E-state index in [9.17, 15) is 8.78 Å². The van der Waals surface area contributed by atoms with Crippen molar-refractivity contribution in [3.63, 3.8) is 0 Å². The van der Waals surface area contributed by atoms with Gasteiger partial charge in [0.15, 0.2) is 17.3 Å². The predicted molar refractivity (Wildman–Crippen MR) is 121 cm³/mol. The molecule has 0 bridgehead atoms. The quantitative estimate of drug-likeness (QED) is 0.434. The van der Waals surface area contributed by atoms with Gasteiger partial charge in [0.25, 0.3) is 0 Å². The molecule has 1 aliphatic heterocycles. The number of anilines is 2. The summed E-state index contributed by atoms with van der Waals surface area (Å²) < 4.78 is 28.9. The second-order valence-corrected chi connectivity index (χ2v) is 8.39. The first-order valence-electron chi connectivity index (χ1n) is 10.4. The molecule has 4 aromatic rings. The van der Waals surface area contributed by atoms with Gasteiger partial charge in [-0.05, 0) is 61.2 Å². The van der Waals surface area contributed by atoms with Gasteiger partial charge in [0.05, 0.1) is 0 Å². The molecule has 6 nitrogen and oxygen atoms in total. The Morgan fingerprint density at radius 1 is 1.06 bits per heavy atom. The minimum absolute atomic E-state index is 0.230. The molecule has 1 saturated heterocycles. The average molecular weight is 455 g/mol. The van der Waals surface area contributed by atoms with Gasteiger partial charge in [-0.2, -0.15) is 4.98 Å². The SMILES string of the molecule is Cc1cc(-c2ccc(F)c(F)c2)c2nc(NC3CCN(c4ccnc(Cl)c4)CC3)nn2c1. The number of rotatable bonds is 4. The van der Waals surface area contributed by atoms with E-state index in [1.165, 1.54) is 6.07 Å². The highest BCUT2D eigenvalue weighted by Crippen LogP contribution is 2.28. The Balaban J connectivity index is 1.35. The lowest BCUT2D eigenvalue weighted by Gasteiger charge is -2.33. The predicted octanol–water partition coefficient (Wildman–Crippen LogP) is 5.11. The van der Waals surface area contributed by atoms with Crippen molar-refractivity contribution >= 4 is 28.9 Å². The van der Waals surface area contributed by atoms with Crippen LogP contribution in [-0.4, -0.2) is 38.7 Å². The summed E-state index contributed by atoms with van der Waals surface area (Å²) in [6.45, 7) is 3.69. The molecule has 32 heavy (non-hydrogen) atoms. The van der Waals surface area contributed by atoms with E-state index in [-0.39, 0.29) is 6.04 Å². The van der Waals surface area contributed by atoms with Crippen molar-refractivity contribution in [2.75, 3.05) is 23.3 Å². The van der Waals surface area contributed by atoms with Crippen LogP contribution in [-0.2, 0) is 0 Å². The smallest absolute Gasteiger partial charge is 0.243 e. The Morgan fingerprint density at radius 2 is 1.88 bits per heavy atom. The molecule has 0 atom stereocenters. The van der Waals surface area contributed by atoms with Crippen LogP contribution in [0.2, 0.25) is 5.15 Å². The van der Waals surface area contributed by atoms with Gasteiger partial charge < -0.3 is 10.2 Å². The normalized spacial score (nSPS) is 14.8. The average Bonchev–Trinajstić information content (AvgIpc) is 3.17. The Labute approximate surface area is 188 Å². The number of hydrogen-bond acceptors (Lipinski definition) is 5. The number of fused-ring (bicyclic) bond motifs is 1. The van der Waals surface area contributed by atoms with Crippen LogP contribution < -0.4 is 10.2 Å². The topological polar surface area (TPSA) is 58.4 Å². The third kappa shape index (κ3) is 4.10. The lowest BCUT2D eigenvalue weighted by Crippen LogP contribution is -2.39. The number of hydrogen-bond donors (Lipinski definition) is 1. The number of aryl methyl sites for hydroxylation is 1. The zero-order chi connectivity index (χ0) is 22.2. The largest absolute Gasteiger partial charge is 0.371 e. The zero-order valence-corrected chi connectivity index (χ0v) is 18.2. The number of nitrogens with one attached hydrogen (secondary N) is 1. The molecule has 164 valence electrons. The molecule has 1 fully saturated rings. The molecule has 0 amide bonds. The van der Waals surface area contributed by atoms with Crippen molar-refractivity contribution in [3.8, 4) is 11.1 Å². The molecule has 1 aliphatic rings. The first-order chi connectivity index (χ1) is 15.5. The van der Waals surface area contributed by atoms with E-state index in [1.807, 2.05) is 31.3 Å². The lowest BCUT2D eigenvalue weighted by molar-refractivity contribution is 0.509. The first-order valence-corrected chi connectivity index (χ1v) is 10.8. The summed E-state index contributed by atoms with van der Waals surface area (Å²) in [6, 6.07) is 9.84. The highest BCUT2D eigenvalue weighted by atomic mass is 35.5. The van der Waals surface area contributed by atoms with E-state index in [0.717, 1.165) is 43.2 Å². The fraction of sp³-hybridized carbons (Fsp3) is 0.261. The van der Waals surface area contributed by atoms with Gasteiger partial charge in [0.2, 0.25) is 5.95 Å². The number of halogens is 3. The van der Waals surface area contributed by atoms with Crippen LogP contribution in [0, 0.1) is 18.6 Å². The minimum atomic E-state index is -0.887. The summed E-state index contributed by atoms with van der Waals surface area (Å²) in [5.41, 5.74) is 3.86. The van der Waals surface area contributed by atoms with Crippen LogP contribution in [0.1, 0.15) is 18.4 Å². The standard InChI is InChI=1S/C23H21ClF2N6/c1-14-10-18(15-2-3-19(25)20(26)11-15)22-29-23(30-32(22)13-14)28-16-5-8-31(9-6-16)17-4-7-27-21(24)12-17/h2-4,7,10-13,16H,5-6,8-9H2,1H3,(H,28,30). The third-order valence-electron chi connectivity index (χ3n) is 5.70. The molecule has 1 aromatic carbocycles. The van der Waals surface area contributed by atoms with Crippen LogP contribution in [0.4, 0.5) is 20.4 Å². The number of nitrogens with zero attached hydrogens (tertiary/aromatic N) is 5. The summed E-state index contributed by atoms with van der Waals surface area (Å²) in [5.74, 6) is -1.24. The van der Waals surface area contributed by atoms with E-state index in [4.69, 9.17) is 11.6 Å². The first kappa shape index (κ1) is 20.6. The molecule has 9 heteroatoms. The molecule has 4 heterocycles. The number of pyridine rings is 2. The molecular formula is C23H21ClF2N6. The molecule has 0 radical (unpaired) electrons. The van der Waals surface area contributed by atoms with Crippen molar-refractivity contribution in [1.82, 2.24) is 19.6 Å². The van der Waals surface area contributed by atoms with Crippen molar-refractivity contribution in [1.29, 1.82) is 0 Å². The number of piperidine rings is 1. The molecular weight excluding hydrogens is 434 g/mol. The second kappa shape index (κ2) is 8.35. The summed E-state index contributed by atoms with van der Waals surface area (Å²) >= 11 is 6.01. The summed E-state index contributed by atoms with van der Waals surface area (Å²) in [6.07, 6.45) is 5.43. The Kier molecular flexibility index (Phi) is 5.38. The van der Waals surface area contributed by atoms with Crippen LogP contribution in [0.15, 0.2) is 48.8 Å². The Hall–Kier alpha value is -3.26. The summed E-state index contributed by atoms with van der Waals surface area (Å²) in [7, 11) is 0. The van der Waals surface area contributed by atoms with Gasteiger partial charge in [0, 0.05) is 42.8 Å². The molecule has 0 saturated carbocycles. The number of benzene rings is 1. The fourth-order valence-electron chi connectivity index (χ4n) is 4.11. The van der Waals surface area contributed by atoms with E-state index < -0.39 is 11.6 Å². The zero-order valence-electron chi connectivity index (χ0n) is 17.4. The van der Waals surface area contributed by atoms with Crippen molar-refractivity contribution in [3.05, 3.63) is 71.1 Å². The van der Waals surface area contributed by atoms with Crippen LogP contribution >= 0.6 is 11.6 Å². The molecule has 1 N–H and O–H groups in total. The van der Waals surface area contributed by atoms with Gasteiger partial charge in [-0.3, -0.25) is 0 Å². The van der Waals surface area contributed by atoms with Gasteiger partial charge in [-0.15, -0.1) is 5.10 Å². The van der Waals surface area contributed by atoms with Gasteiger partial charge in [-0.1, -0.05) is 17.7 Å². The van der Waals surface area contributed by atoms with Crippen LogP contribution in [0.25, 0.3) is 16.8 Å². The van der Waals surface area contributed by atoms with Crippen molar-refractivity contribution in [2.24, 2.45) is 0 Å². The van der Waals surface area contributed by atoms with Crippen LogP contribution in [0.3, 0.4) is 0 Å². The third-order valence-corrected chi connectivity index (χ3v) is 5.91. The number of aromatic nitrogens is 4. The van der Waals surface area contributed by atoms with Crippen molar-refractivity contribution in [2.45, 2.75) is 25.8 Å². The maximum atomic E-state index is 13.8. The van der Waals surface area contributed by atoms with E-state index in [0.29, 0.717) is 27.9 Å². The Bertz CT molecular complexity index is 1280. The molecule has 0 unspecified atom stereocenters. The second-order valence-electron chi connectivity index (χ2n) is 8.01. The molecule has 0 aliphatic carbocycles. The summed E-state index contributed by atoms with van der Waals surface area (Å²) in [4.78, 5) is 11.0. The van der Waals surface area contributed by atoms with Gasteiger partial charge in [0.1, 0.15) is 5.15 Å². The van der Waals surface area contributed by atoms with Crippen molar-refractivity contribution < 1.29 is 8.78 Å². The monoisotopic (exact) mass is 454 g/mol. The molecule has 5 rings (SSSR count). The summed E-state index contributed by atoms with van der Waals surface area (Å²) in [5, 5.41) is 8.49. The van der Waals surface area contributed by atoms with E-state index in [2.05, 4.69) is 25.3 Å². The van der Waals surface area contributed by atoms with E-state index in [1.54, 1.807) is 16.8 Å². The molecule has 3 aromatic heterocycles. The van der Waals surface area contributed by atoms with Gasteiger partial charge in [-0.25, -0.2) is 18.3 Å². The minimum Gasteiger partial charge on any atom is -0.371 e. The highest BCUT2D eigenvalue weighted by molar-refractivity contribution is 6.29. The molecule has 0 spiro atoms. The lowest BCUT2D eigenvalue weighted by atomic mass is 10.0. The van der Waals surface area contributed by atoms with Crippen LogP contribution in [0.5, 0.6) is 0 Å². The highest BCUT2D eigenvalue weighted by Gasteiger charge is 2.21. The fourth-order valence-corrected chi connectivity index (χ4v) is 4.28. The van der Waals surface area contributed by atoms with E-state index >= 15 is 0 Å². The maximum Gasteiger partial charge on any atom is 0.243 e. The van der Waals surface area contributed by atoms with Gasteiger partial charge >= 0.3 is 0 Å². The Morgan fingerprint density at radius 3 is 2.62 bits per heavy atom.